The van der Waals surface area contributed by atoms with E-state index in [1.165, 1.54) is 19.2 Å². The fourth-order valence-corrected chi connectivity index (χ4v) is 2.25. The van der Waals surface area contributed by atoms with Crippen LogP contribution in [0.15, 0.2) is 40.9 Å². The van der Waals surface area contributed by atoms with Gasteiger partial charge in [-0.25, -0.2) is 8.78 Å². The lowest BCUT2D eigenvalue weighted by Gasteiger charge is -2.07. The summed E-state index contributed by atoms with van der Waals surface area (Å²) in [7, 11) is 3.08. The first kappa shape index (κ1) is 16.7. The van der Waals surface area contributed by atoms with Gasteiger partial charge < -0.3 is 19.3 Å². The van der Waals surface area contributed by atoms with Crippen molar-refractivity contribution in [2.75, 3.05) is 19.5 Å². The third-order valence-corrected chi connectivity index (χ3v) is 3.42. The topological polar surface area (TPSA) is 69.4 Å². The van der Waals surface area contributed by atoms with E-state index in [-0.39, 0.29) is 18.1 Å². The summed E-state index contributed by atoms with van der Waals surface area (Å²) in [6.07, 6.45) is 0. The number of hydrogen-bond acceptors (Lipinski definition) is 6. The van der Waals surface area contributed by atoms with Crippen molar-refractivity contribution in [2.45, 2.75) is 6.54 Å². The van der Waals surface area contributed by atoms with Crippen LogP contribution < -0.4 is 14.8 Å². The Labute approximate surface area is 142 Å². The van der Waals surface area contributed by atoms with Crippen molar-refractivity contribution < 1.29 is 22.8 Å². The van der Waals surface area contributed by atoms with Crippen molar-refractivity contribution in [1.29, 1.82) is 0 Å². The average Bonchev–Trinajstić information content (AvgIpc) is 3.07. The minimum atomic E-state index is -0.670. The number of nitrogens with zero attached hydrogens (tertiary/aromatic N) is 2. The molecule has 0 atom stereocenters. The minimum absolute atomic E-state index is 0.119. The first-order chi connectivity index (χ1) is 12.1. The van der Waals surface area contributed by atoms with Gasteiger partial charge in [-0.3, -0.25) is 0 Å². The van der Waals surface area contributed by atoms with Gasteiger partial charge in [0.1, 0.15) is 23.1 Å². The molecule has 8 heteroatoms. The monoisotopic (exact) mass is 347 g/mol. The van der Waals surface area contributed by atoms with Crippen LogP contribution in [-0.4, -0.2) is 24.4 Å². The molecular formula is C17H15F2N3O3. The highest BCUT2D eigenvalue weighted by Crippen LogP contribution is 2.31. The third-order valence-electron chi connectivity index (χ3n) is 3.42. The van der Waals surface area contributed by atoms with Crippen molar-refractivity contribution >= 4 is 5.69 Å². The van der Waals surface area contributed by atoms with Crippen LogP contribution in [0.2, 0.25) is 0 Å². The Hall–Kier alpha value is -3.16. The standard InChI is InChI=1S/C17H15F2N3O3/c1-23-13-3-4-14(15(8-13)24-2)17-21-16(25-22-17)9-20-12-6-10(18)5-11(19)7-12/h3-8,20H,9H2,1-2H3. The van der Waals surface area contributed by atoms with Crippen LogP contribution in [0.1, 0.15) is 5.89 Å². The van der Waals surface area contributed by atoms with Gasteiger partial charge in [-0.15, -0.1) is 0 Å². The van der Waals surface area contributed by atoms with Crippen LogP contribution in [0.3, 0.4) is 0 Å². The zero-order valence-electron chi connectivity index (χ0n) is 13.5. The van der Waals surface area contributed by atoms with E-state index >= 15 is 0 Å². The number of nitrogens with one attached hydrogen (secondary N) is 1. The fourth-order valence-electron chi connectivity index (χ4n) is 2.25. The van der Waals surface area contributed by atoms with Gasteiger partial charge in [0, 0.05) is 17.8 Å². The summed E-state index contributed by atoms with van der Waals surface area (Å²) in [6, 6.07) is 8.36. The summed E-state index contributed by atoms with van der Waals surface area (Å²) in [5, 5.41) is 6.73. The van der Waals surface area contributed by atoms with Gasteiger partial charge in [-0.05, 0) is 24.3 Å². The van der Waals surface area contributed by atoms with E-state index in [4.69, 9.17) is 14.0 Å². The maximum Gasteiger partial charge on any atom is 0.246 e. The number of benzene rings is 2. The predicted molar refractivity (Wildman–Crippen MR) is 86.5 cm³/mol. The Balaban J connectivity index is 1.76. The van der Waals surface area contributed by atoms with E-state index in [1.807, 2.05) is 0 Å². The summed E-state index contributed by atoms with van der Waals surface area (Å²) < 4.78 is 41.9. The molecule has 0 spiro atoms. The molecule has 130 valence electrons. The van der Waals surface area contributed by atoms with Gasteiger partial charge in [-0.2, -0.15) is 4.98 Å². The highest BCUT2D eigenvalue weighted by atomic mass is 19.1. The first-order valence-corrected chi connectivity index (χ1v) is 7.34. The molecule has 0 radical (unpaired) electrons. The van der Waals surface area contributed by atoms with E-state index in [0.717, 1.165) is 6.07 Å². The summed E-state index contributed by atoms with van der Waals surface area (Å²) >= 11 is 0. The molecule has 1 N–H and O–H groups in total. The second kappa shape index (κ2) is 7.16. The first-order valence-electron chi connectivity index (χ1n) is 7.34. The molecule has 0 aliphatic rings. The van der Waals surface area contributed by atoms with Crippen LogP contribution in [0.25, 0.3) is 11.4 Å². The summed E-state index contributed by atoms with van der Waals surface area (Å²) in [6.45, 7) is 0.119. The molecule has 6 nitrogen and oxygen atoms in total. The zero-order chi connectivity index (χ0) is 17.8. The van der Waals surface area contributed by atoms with Crippen LogP contribution in [0, 0.1) is 11.6 Å². The molecule has 25 heavy (non-hydrogen) atoms. The van der Waals surface area contributed by atoms with E-state index in [2.05, 4.69) is 15.5 Å². The van der Waals surface area contributed by atoms with E-state index in [0.29, 0.717) is 22.9 Å². The molecule has 0 aliphatic heterocycles. The van der Waals surface area contributed by atoms with Crippen molar-refractivity contribution in [3.8, 4) is 22.9 Å². The van der Waals surface area contributed by atoms with Crippen LogP contribution >= 0.6 is 0 Å². The molecule has 1 heterocycles. The van der Waals surface area contributed by atoms with E-state index in [1.54, 1.807) is 25.3 Å². The summed E-state index contributed by atoms with van der Waals surface area (Å²) in [5.41, 5.74) is 0.911. The normalized spacial score (nSPS) is 10.6. The van der Waals surface area contributed by atoms with Gasteiger partial charge in [0.2, 0.25) is 11.7 Å². The molecule has 2 aromatic carbocycles. The molecule has 0 saturated carbocycles. The SMILES string of the molecule is COc1ccc(-c2noc(CNc3cc(F)cc(F)c3)n2)c(OC)c1. The molecule has 3 aromatic rings. The Kier molecular flexibility index (Phi) is 4.78. The predicted octanol–water partition coefficient (Wildman–Crippen LogP) is 3.64. The molecule has 0 saturated heterocycles. The smallest absolute Gasteiger partial charge is 0.246 e. The summed E-state index contributed by atoms with van der Waals surface area (Å²) in [4.78, 5) is 4.26. The molecule has 0 aliphatic carbocycles. The zero-order valence-corrected chi connectivity index (χ0v) is 13.5. The lowest BCUT2D eigenvalue weighted by molar-refractivity contribution is 0.382. The average molecular weight is 347 g/mol. The van der Waals surface area contributed by atoms with Crippen molar-refractivity contribution in [3.63, 3.8) is 0 Å². The molecule has 3 rings (SSSR count). The maximum atomic E-state index is 13.2. The molecular weight excluding hydrogens is 332 g/mol. The van der Waals surface area contributed by atoms with Gasteiger partial charge in [0.25, 0.3) is 0 Å². The van der Waals surface area contributed by atoms with Crippen LogP contribution in [0.5, 0.6) is 11.5 Å². The molecule has 1 aromatic heterocycles. The van der Waals surface area contributed by atoms with Crippen molar-refractivity contribution in [3.05, 3.63) is 53.9 Å². The van der Waals surface area contributed by atoms with Crippen LogP contribution in [0.4, 0.5) is 14.5 Å². The van der Waals surface area contributed by atoms with Crippen LogP contribution in [-0.2, 0) is 6.54 Å². The van der Waals surface area contributed by atoms with Gasteiger partial charge >= 0.3 is 0 Å². The minimum Gasteiger partial charge on any atom is -0.497 e. The van der Waals surface area contributed by atoms with E-state index < -0.39 is 11.6 Å². The largest absolute Gasteiger partial charge is 0.497 e. The van der Waals surface area contributed by atoms with Crippen molar-refractivity contribution in [1.82, 2.24) is 10.1 Å². The Bertz CT molecular complexity index is 863. The number of aromatic nitrogens is 2. The number of halogens is 2. The molecule has 0 fully saturated rings. The Morgan fingerprint density at radius 1 is 1.04 bits per heavy atom. The Morgan fingerprint density at radius 2 is 1.80 bits per heavy atom. The number of methoxy groups -OCH3 is 2. The molecule has 0 unspecified atom stereocenters. The molecule has 0 bridgehead atoms. The van der Waals surface area contributed by atoms with Crippen molar-refractivity contribution in [2.24, 2.45) is 0 Å². The lowest BCUT2D eigenvalue weighted by atomic mass is 10.2. The summed E-state index contributed by atoms with van der Waals surface area (Å²) in [5.74, 6) is 0.429. The second-order valence-corrected chi connectivity index (χ2v) is 5.09. The van der Waals surface area contributed by atoms with E-state index in [9.17, 15) is 8.78 Å². The van der Waals surface area contributed by atoms with Gasteiger partial charge in [0.15, 0.2) is 0 Å². The number of hydrogen-bond donors (Lipinski definition) is 1. The molecule has 0 amide bonds. The van der Waals surface area contributed by atoms with Gasteiger partial charge in [-0.1, -0.05) is 5.16 Å². The number of anilines is 1. The highest BCUT2D eigenvalue weighted by molar-refractivity contribution is 5.65. The maximum absolute atomic E-state index is 13.2. The lowest BCUT2D eigenvalue weighted by Crippen LogP contribution is -2.00. The fraction of sp³-hybridized carbons (Fsp3) is 0.176. The van der Waals surface area contributed by atoms with Gasteiger partial charge in [0.05, 0.1) is 26.3 Å². The Morgan fingerprint density at radius 3 is 2.48 bits per heavy atom. The number of rotatable bonds is 6. The number of ether oxygens (including phenoxy) is 2. The third kappa shape index (κ3) is 3.85. The second-order valence-electron chi connectivity index (χ2n) is 5.09. The quantitative estimate of drug-likeness (QED) is 0.734. The highest BCUT2D eigenvalue weighted by Gasteiger charge is 2.14.